The van der Waals surface area contributed by atoms with Crippen molar-refractivity contribution >= 4 is 68.1 Å². The van der Waals surface area contributed by atoms with Crippen LogP contribution in [0.5, 0.6) is 0 Å². The highest BCUT2D eigenvalue weighted by Crippen LogP contribution is 2.30. The number of benzene rings is 2. The molecular formula is C22H17BrCl3N5O. The third-order valence-corrected chi connectivity index (χ3v) is 6.23. The van der Waals surface area contributed by atoms with E-state index in [1.165, 1.54) is 0 Å². The second-order valence-corrected chi connectivity index (χ2v) is 8.94. The molecule has 164 valence electrons. The summed E-state index contributed by atoms with van der Waals surface area (Å²) >= 11 is 22.0. The van der Waals surface area contributed by atoms with Gasteiger partial charge in [0.15, 0.2) is 5.65 Å². The molecule has 2 heterocycles. The van der Waals surface area contributed by atoms with E-state index in [-0.39, 0.29) is 11.5 Å². The normalized spacial score (nSPS) is 11.0. The minimum Gasteiger partial charge on any atom is -0.370 e. The van der Waals surface area contributed by atoms with Crippen molar-refractivity contribution in [1.29, 1.82) is 0 Å². The molecule has 0 saturated carbocycles. The van der Waals surface area contributed by atoms with Crippen molar-refractivity contribution in [3.05, 3.63) is 79.8 Å². The van der Waals surface area contributed by atoms with Gasteiger partial charge >= 0.3 is 0 Å². The first kappa shape index (κ1) is 22.9. The van der Waals surface area contributed by atoms with Gasteiger partial charge in [-0.05, 0) is 40.5 Å². The van der Waals surface area contributed by atoms with E-state index in [1.807, 2.05) is 30.3 Å². The van der Waals surface area contributed by atoms with Crippen LogP contribution in [0.2, 0.25) is 15.1 Å². The summed E-state index contributed by atoms with van der Waals surface area (Å²) in [6, 6.07) is 14.4. The molecule has 0 saturated heterocycles. The lowest BCUT2D eigenvalue weighted by Gasteiger charge is -2.12. The van der Waals surface area contributed by atoms with Gasteiger partial charge in [-0.1, -0.05) is 59.1 Å². The molecule has 0 atom stereocenters. The zero-order chi connectivity index (χ0) is 22.7. The number of anilines is 1. The van der Waals surface area contributed by atoms with E-state index in [0.29, 0.717) is 40.2 Å². The predicted octanol–water partition coefficient (Wildman–Crippen LogP) is 6.35. The fourth-order valence-electron chi connectivity index (χ4n) is 3.18. The molecule has 2 N–H and O–H groups in total. The Labute approximate surface area is 208 Å². The molecule has 0 aliphatic carbocycles. The number of hydrogen-bond acceptors (Lipinski definition) is 4. The second-order valence-electron chi connectivity index (χ2n) is 6.87. The lowest BCUT2D eigenvalue weighted by molar-refractivity contribution is 0.0954. The van der Waals surface area contributed by atoms with Gasteiger partial charge in [0.2, 0.25) is 0 Å². The Hall–Kier alpha value is -2.32. The van der Waals surface area contributed by atoms with Gasteiger partial charge in [0, 0.05) is 29.7 Å². The number of nitrogens with one attached hydrogen (secondary N) is 2. The lowest BCUT2D eigenvalue weighted by Crippen LogP contribution is -2.26. The lowest BCUT2D eigenvalue weighted by atomic mass is 10.1. The van der Waals surface area contributed by atoms with Gasteiger partial charge < -0.3 is 10.6 Å². The minimum atomic E-state index is -0.302. The SMILES string of the molecule is O=C(NCCCNc1cc(-c2ccccc2Cl)nc2c(Br)cnn12)c1c(Cl)cccc1Cl. The number of fused-ring (bicyclic) bond motifs is 1. The maximum absolute atomic E-state index is 12.4. The number of aromatic nitrogens is 3. The Morgan fingerprint density at radius 3 is 2.47 bits per heavy atom. The number of carbonyl (C=O) groups is 1. The summed E-state index contributed by atoms with van der Waals surface area (Å²) in [5.41, 5.74) is 2.52. The first-order valence-corrected chi connectivity index (χ1v) is 11.6. The van der Waals surface area contributed by atoms with Gasteiger partial charge in [-0.3, -0.25) is 4.79 Å². The summed E-state index contributed by atoms with van der Waals surface area (Å²) in [6.07, 6.45) is 2.36. The van der Waals surface area contributed by atoms with Crippen molar-refractivity contribution < 1.29 is 4.79 Å². The summed E-state index contributed by atoms with van der Waals surface area (Å²) in [5.74, 6) is 0.458. The van der Waals surface area contributed by atoms with Gasteiger partial charge in [0.25, 0.3) is 5.91 Å². The molecule has 6 nitrogen and oxygen atoms in total. The topological polar surface area (TPSA) is 71.3 Å². The molecule has 0 spiro atoms. The average molecular weight is 554 g/mol. The Kier molecular flexibility index (Phi) is 7.20. The van der Waals surface area contributed by atoms with Crippen LogP contribution in [0.3, 0.4) is 0 Å². The molecule has 4 rings (SSSR count). The highest BCUT2D eigenvalue weighted by molar-refractivity contribution is 9.10. The number of hydrogen-bond donors (Lipinski definition) is 2. The fourth-order valence-corrected chi connectivity index (χ4v) is 4.33. The van der Waals surface area contributed by atoms with Crippen LogP contribution in [-0.4, -0.2) is 33.6 Å². The van der Waals surface area contributed by atoms with E-state index in [0.717, 1.165) is 21.5 Å². The van der Waals surface area contributed by atoms with E-state index < -0.39 is 0 Å². The van der Waals surface area contributed by atoms with Crippen LogP contribution < -0.4 is 10.6 Å². The molecule has 0 aliphatic rings. The van der Waals surface area contributed by atoms with Crippen LogP contribution >= 0.6 is 50.7 Å². The molecule has 10 heteroatoms. The quantitative estimate of drug-likeness (QED) is 0.262. The third kappa shape index (κ3) is 4.86. The summed E-state index contributed by atoms with van der Waals surface area (Å²) in [4.78, 5) is 17.1. The number of halogens is 4. The molecule has 4 aromatic rings. The molecule has 0 bridgehead atoms. The van der Waals surface area contributed by atoms with E-state index in [4.69, 9.17) is 39.8 Å². The van der Waals surface area contributed by atoms with Crippen LogP contribution in [0.4, 0.5) is 5.82 Å². The van der Waals surface area contributed by atoms with Crippen LogP contribution in [0.15, 0.2) is 59.2 Å². The smallest absolute Gasteiger partial charge is 0.254 e. The van der Waals surface area contributed by atoms with Gasteiger partial charge in [-0.15, -0.1) is 0 Å². The van der Waals surface area contributed by atoms with E-state index in [2.05, 4.69) is 31.7 Å². The Morgan fingerprint density at radius 2 is 1.72 bits per heavy atom. The Morgan fingerprint density at radius 1 is 1.00 bits per heavy atom. The van der Waals surface area contributed by atoms with Crippen molar-refractivity contribution in [3.63, 3.8) is 0 Å². The van der Waals surface area contributed by atoms with E-state index in [1.54, 1.807) is 28.9 Å². The van der Waals surface area contributed by atoms with Crippen molar-refractivity contribution in [2.45, 2.75) is 6.42 Å². The van der Waals surface area contributed by atoms with Crippen molar-refractivity contribution in [1.82, 2.24) is 19.9 Å². The van der Waals surface area contributed by atoms with Gasteiger partial charge in [-0.25, -0.2) is 4.98 Å². The van der Waals surface area contributed by atoms with Crippen molar-refractivity contribution in [2.75, 3.05) is 18.4 Å². The molecule has 32 heavy (non-hydrogen) atoms. The van der Waals surface area contributed by atoms with E-state index in [9.17, 15) is 4.79 Å². The molecule has 0 radical (unpaired) electrons. The summed E-state index contributed by atoms with van der Waals surface area (Å²) in [6.45, 7) is 1.04. The molecular weight excluding hydrogens is 537 g/mol. The summed E-state index contributed by atoms with van der Waals surface area (Å²) in [7, 11) is 0. The standard InChI is InChI=1S/C22H17BrCl3N5O/c23-14-12-29-31-19(11-18(30-21(14)31)13-5-1-2-6-15(13)24)27-9-4-10-28-22(32)20-16(25)7-3-8-17(20)26/h1-3,5-8,11-12,27H,4,9-10H2,(H,28,32). The van der Waals surface area contributed by atoms with Crippen molar-refractivity contribution in [2.24, 2.45) is 0 Å². The highest BCUT2D eigenvalue weighted by Gasteiger charge is 2.15. The maximum atomic E-state index is 12.4. The van der Waals surface area contributed by atoms with Crippen LogP contribution in [0, 0.1) is 0 Å². The predicted molar refractivity (Wildman–Crippen MR) is 133 cm³/mol. The van der Waals surface area contributed by atoms with Crippen LogP contribution in [-0.2, 0) is 0 Å². The monoisotopic (exact) mass is 551 g/mol. The average Bonchev–Trinajstić information content (AvgIpc) is 3.14. The minimum absolute atomic E-state index is 0.283. The maximum Gasteiger partial charge on any atom is 0.254 e. The Bertz CT molecular complexity index is 1270. The first-order valence-electron chi connectivity index (χ1n) is 9.71. The first-order chi connectivity index (χ1) is 15.5. The molecule has 2 aromatic heterocycles. The van der Waals surface area contributed by atoms with E-state index >= 15 is 0 Å². The molecule has 0 aliphatic heterocycles. The van der Waals surface area contributed by atoms with Crippen LogP contribution in [0.25, 0.3) is 16.9 Å². The number of carbonyl (C=O) groups excluding carboxylic acids is 1. The molecule has 2 aromatic carbocycles. The van der Waals surface area contributed by atoms with Gasteiger partial charge in [0.1, 0.15) is 5.82 Å². The fraction of sp³-hybridized carbons (Fsp3) is 0.136. The summed E-state index contributed by atoms with van der Waals surface area (Å²) < 4.78 is 2.49. The van der Waals surface area contributed by atoms with Crippen molar-refractivity contribution in [3.8, 4) is 11.3 Å². The largest absolute Gasteiger partial charge is 0.370 e. The van der Waals surface area contributed by atoms with Gasteiger partial charge in [0.05, 0.1) is 32.0 Å². The molecule has 1 amide bonds. The number of amides is 1. The Balaban J connectivity index is 1.44. The highest BCUT2D eigenvalue weighted by atomic mass is 79.9. The van der Waals surface area contributed by atoms with Gasteiger partial charge in [-0.2, -0.15) is 9.61 Å². The van der Waals surface area contributed by atoms with Crippen LogP contribution in [0.1, 0.15) is 16.8 Å². The number of rotatable bonds is 7. The third-order valence-electron chi connectivity index (χ3n) is 4.71. The number of nitrogens with zero attached hydrogens (tertiary/aromatic N) is 3. The zero-order valence-corrected chi connectivity index (χ0v) is 20.4. The molecule has 0 unspecified atom stereocenters. The molecule has 0 fully saturated rings. The zero-order valence-electron chi connectivity index (χ0n) is 16.6. The summed E-state index contributed by atoms with van der Waals surface area (Å²) in [5, 5.41) is 11.8. The second kappa shape index (κ2) is 10.1.